The van der Waals surface area contributed by atoms with Crippen LogP contribution in [0.2, 0.25) is 0 Å². The summed E-state index contributed by atoms with van der Waals surface area (Å²) in [4.78, 5) is 20.8. The number of amides is 1. The van der Waals surface area contributed by atoms with E-state index in [4.69, 9.17) is 0 Å². The third kappa shape index (κ3) is 3.76. The van der Waals surface area contributed by atoms with E-state index in [0.29, 0.717) is 12.3 Å². The van der Waals surface area contributed by atoms with E-state index in [9.17, 15) is 23.1 Å². The second-order valence-corrected chi connectivity index (χ2v) is 9.68. The Morgan fingerprint density at radius 2 is 2.00 bits per heavy atom. The molecule has 160 valence electrons. The Labute approximate surface area is 168 Å². The molecule has 4 atom stereocenters. The molecule has 4 unspecified atom stereocenters. The van der Waals surface area contributed by atoms with Gasteiger partial charge in [0.15, 0.2) is 0 Å². The highest BCUT2D eigenvalue weighted by atomic mass is 19.4. The van der Waals surface area contributed by atoms with Crippen molar-refractivity contribution in [2.24, 2.45) is 16.7 Å². The van der Waals surface area contributed by atoms with Crippen molar-refractivity contribution < 1.29 is 23.1 Å². The van der Waals surface area contributed by atoms with Gasteiger partial charge in [-0.05, 0) is 62.8 Å². The van der Waals surface area contributed by atoms with Crippen molar-refractivity contribution in [1.82, 2.24) is 15.3 Å². The Balaban J connectivity index is 1.44. The Hall–Kier alpha value is -1.70. The van der Waals surface area contributed by atoms with Crippen LogP contribution >= 0.6 is 0 Å². The molecule has 1 heterocycles. The molecule has 0 saturated heterocycles. The van der Waals surface area contributed by atoms with E-state index >= 15 is 0 Å². The number of aromatic nitrogens is 2. The van der Waals surface area contributed by atoms with Gasteiger partial charge in [-0.15, -0.1) is 0 Å². The number of aryl methyl sites for hydroxylation is 1. The van der Waals surface area contributed by atoms with Crippen molar-refractivity contribution in [3.05, 3.63) is 23.3 Å². The number of hydrogen-bond acceptors (Lipinski definition) is 4. The molecule has 1 aromatic rings. The topological polar surface area (TPSA) is 75.1 Å². The molecule has 4 aliphatic carbocycles. The number of carbonyl (C=O) groups is 1. The minimum Gasteiger partial charge on any atom is -0.390 e. The molecule has 4 fully saturated rings. The molecule has 4 bridgehead atoms. The van der Waals surface area contributed by atoms with Crippen LogP contribution in [0.4, 0.5) is 13.2 Å². The summed E-state index contributed by atoms with van der Waals surface area (Å²) in [5, 5.41) is 14.0. The number of nitrogens with zero attached hydrogens (tertiary/aromatic N) is 2. The van der Waals surface area contributed by atoms with E-state index in [2.05, 4.69) is 22.2 Å². The molecule has 5 rings (SSSR count). The zero-order valence-electron chi connectivity index (χ0n) is 16.9. The first-order chi connectivity index (χ1) is 13.5. The Morgan fingerprint density at radius 3 is 2.66 bits per heavy atom. The highest BCUT2D eigenvalue weighted by molar-refractivity contribution is 5.83. The van der Waals surface area contributed by atoms with Gasteiger partial charge in [-0.25, -0.2) is 9.97 Å². The molecule has 8 heteroatoms. The van der Waals surface area contributed by atoms with Gasteiger partial charge in [-0.1, -0.05) is 13.3 Å². The van der Waals surface area contributed by atoms with Crippen LogP contribution in [0.1, 0.15) is 69.1 Å². The predicted molar refractivity (Wildman–Crippen MR) is 99.8 cm³/mol. The van der Waals surface area contributed by atoms with E-state index in [1.807, 2.05) is 0 Å². The first-order valence-electron chi connectivity index (χ1n) is 10.4. The lowest BCUT2D eigenvalue weighted by Gasteiger charge is -2.64. The molecular formula is C21H28F3N3O2. The average molecular weight is 411 g/mol. The first-order valence-corrected chi connectivity index (χ1v) is 10.4. The van der Waals surface area contributed by atoms with E-state index in [1.165, 1.54) is 6.92 Å². The normalized spacial score (nSPS) is 35.7. The second kappa shape index (κ2) is 6.65. The SMILES string of the molecule is CCC12CC3CC(O)(C1)CC(C(=O)NCCc1nc(C)cc(C(F)(F)F)n1)(C3)C2. The van der Waals surface area contributed by atoms with E-state index < -0.39 is 22.9 Å². The van der Waals surface area contributed by atoms with Gasteiger partial charge >= 0.3 is 6.18 Å². The summed E-state index contributed by atoms with van der Waals surface area (Å²) >= 11 is 0. The molecule has 2 N–H and O–H groups in total. The Kier molecular flexibility index (Phi) is 4.72. The highest BCUT2D eigenvalue weighted by Crippen LogP contribution is 2.67. The van der Waals surface area contributed by atoms with Crippen molar-refractivity contribution >= 4 is 5.91 Å². The third-order valence-electron chi connectivity index (χ3n) is 7.21. The molecular weight excluding hydrogens is 383 g/mol. The molecule has 0 spiro atoms. The zero-order chi connectivity index (χ0) is 21.1. The van der Waals surface area contributed by atoms with Gasteiger partial charge in [-0.3, -0.25) is 4.79 Å². The smallest absolute Gasteiger partial charge is 0.390 e. The van der Waals surface area contributed by atoms with Crippen molar-refractivity contribution in [1.29, 1.82) is 0 Å². The molecule has 0 radical (unpaired) electrons. The molecule has 0 aliphatic heterocycles. The van der Waals surface area contributed by atoms with Crippen LogP contribution in [-0.2, 0) is 17.4 Å². The standard InChI is InChI=1S/C21H28F3N3O2/c1-3-18-7-14-8-19(10-18,12-20(29,9-14)11-18)17(28)25-5-4-16-26-13(2)6-15(27-16)21(22,23)24/h6,14,29H,3-5,7-12H2,1-2H3,(H,25,28). The minimum atomic E-state index is -4.52. The fourth-order valence-corrected chi connectivity index (χ4v) is 6.60. The molecule has 4 aliphatic rings. The monoisotopic (exact) mass is 411 g/mol. The fourth-order valence-electron chi connectivity index (χ4n) is 6.60. The summed E-state index contributed by atoms with van der Waals surface area (Å²) in [5.41, 5.74) is -1.99. The van der Waals surface area contributed by atoms with Crippen molar-refractivity contribution in [3.8, 4) is 0 Å². The number of nitrogens with one attached hydrogen (secondary N) is 1. The molecule has 1 aromatic heterocycles. The van der Waals surface area contributed by atoms with Crippen molar-refractivity contribution in [3.63, 3.8) is 0 Å². The van der Waals surface area contributed by atoms with Crippen LogP contribution in [-0.4, -0.2) is 33.1 Å². The molecule has 0 aromatic carbocycles. The second-order valence-electron chi connectivity index (χ2n) is 9.68. The number of carbonyl (C=O) groups excluding carboxylic acids is 1. The van der Waals surface area contributed by atoms with Crippen molar-refractivity contribution in [2.75, 3.05) is 6.54 Å². The lowest BCUT2D eigenvalue weighted by Crippen LogP contribution is -2.63. The van der Waals surface area contributed by atoms with Gasteiger partial charge in [0.05, 0.1) is 11.0 Å². The summed E-state index contributed by atoms with van der Waals surface area (Å²) in [6.45, 7) is 3.82. The van der Waals surface area contributed by atoms with Crippen LogP contribution in [0.25, 0.3) is 0 Å². The summed E-state index contributed by atoms with van der Waals surface area (Å²) in [7, 11) is 0. The highest BCUT2D eigenvalue weighted by Gasteiger charge is 2.64. The van der Waals surface area contributed by atoms with Gasteiger partial charge in [0.2, 0.25) is 5.91 Å². The van der Waals surface area contributed by atoms with Crippen LogP contribution in [0.3, 0.4) is 0 Å². The Bertz CT molecular complexity index is 830. The number of halogens is 3. The largest absolute Gasteiger partial charge is 0.433 e. The number of hydrogen-bond donors (Lipinski definition) is 2. The van der Waals surface area contributed by atoms with E-state index in [-0.39, 0.29) is 35.8 Å². The predicted octanol–water partition coefficient (Wildman–Crippen LogP) is 3.57. The van der Waals surface area contributed by atoms with Gasteiger partial charge in [0.25, 0.3) is 0 Å². The maximum absolute atomic E-state index is 13.1. The zero-order valence-corrected chi connectivity index (χ0v) is 16.9. The quantitative estimate of drug-likeness (QED) is 0.777. The van der Waals surface area contributed by atoms with Crippen LogP contribution in [0.15, 0.2) is 6.07 Å². The van der Waals surface area contributed by atoms with Crippen molar-refractivity contribution in [2.45, 2.75) is 77.0 Å². The van der Waals surface area contributed by atoms with Gasteiger partial charge in [0.1, 0.15) is 11.5 Å². The molecule has 5 nitrogen and oxygen atoms in total. The number of alkyl halides is 3. The summed E-state index contributed by atoms with van der Waals surface area (Å²) in [6, 6.07) is 0.919. The lowest BCUT2D eigenvalue weighted by atomic mass is 9.42. The average Bonchev–Trinajstić information content (AvgIpc) is 2.58. The molecule has 29 heavy (non-hydrogen) atoms. The minimum absolute atomic E-state index is 0.0345. The number of aliphatic hydroxyl groups is 1. The van der Waals surface area contributed by atoms with Crippen LogP contribution < -0.4 is 5.32 Å². The third-order valence-corrected chi connectivity index (χ3v) is 7.21. The molecule has 1 amide bonds. The van der Waals surface area contributed by atoms with Gasteiger partial charge in [0, 0.05) is 18.7 Å². The molecule has 4 saturated carbocycles. The van der Waals surface area contributed by atoms with E-state index in [1.54, 1.807) is 0 Å². The van der Waals surface area contributed by atoms with E-state index in [0.717, 1.165) is 44.6 Å². The van der Waals surface area contributed by atoms with Gasteiger partial charge < -0.3 is 10.4 Å². The summed E-state index contributed by atoms with van der Waals surface area (Å²) in [5.74, 6) is 0.366. The van der Waals surface area contributed by atoms with Crippen LogP contribution in [0, 0.1) is 23.7 Å². The fraction of sp³-hybridized carbons (Fsp3) is 0.762. The lowest BCUT2D eigenvalue weighted by molar-refractivity contribution is -0.204. The maximum atomic E-state index is 13.1. The first kappa shape index (κ1) is 20.6. The Morgan fingerprint density at radius 1 is 1.24 bits per heavy atom. The maximum Gasteiger partial charge on any atom is 0.433 e. The summed E-state index contributed by atoms with van der Waals surface area (Å²) < 4.78 is 38.8. The van der Waals surface area contributed by atoms with Crippen LogP contribution in [0.5, 0.6) is 0 Å². The van der Waals surface area contributed by atoms with Gasteiger partial charge in [-0.2, -0.15) is 13.2 Å². The number of rotatable bonds is 5. The summed E-state index contributed by atoms with van der Waals surface area (Å²) in [6.07, 6.45) is 1.29.